The summed E-state index contributed by atoms with van der Waals surface area (Å²) in [6.07, 6.45) is -1.04. The first kappa shape index (κ1) is 18.0. The van der Waals surface area contributed by atoms with Gasteiger partial charge in [-0.1, -0.05) is 53.2 Å². The minimum atomic E-state index is -1.05. The minimum absolute atomic E-state index is 0.147. The molecule has 2 aromatic carbocycles. The molecule has 126 valence electrons. The van der Waals surface area contributed by atoms with Crippen molar-refractivity contribution in [2.24, 2.45) is 5.16 Å². The van der Waals surface area contributed by atoms with Crippen molar-refractivity contribution in [3.8, 4) is 0 Å². The van der Waals surface area contributed by atoms with Gasteiger partial charge < -0.3 is 14.7 Å². The number of nitrogens with zero attached hydrogens (tertiary/aromatic N) is 1. The lowest BCUT2D eigenvalue weighted by atomic mass is 10.0. The van der Waals surface area contributed by atoms with Crippen LogP contribution in [-0.4, -0.2) is 23.9 Å². The summed E-state index contributed by atoms with van der Waals surface area (Å²) >= 11 is 5.86. The molecule has 24 heavy (non-hydrogen) atoms. The Balaban J connectivity index is 2.10. The smallest absolute Gasteiger partial charge is 0.337 e. The molecule has 0 amide bonds. The van der Waals surface area contributed by atoms with Gasteiger partial charge in [-0.15, -0.1) is 0 Å². The highest BCUT2D eigenvalue weighted by Crippen LogP contribution is 2.22. The first-order valence-electron chi connectivity index (χ1n) is 7.29. The molecule has 0 aliphatic heterocycles. The number of methoxy groups -OCH3 is 1. The summed E-state index contributed by atoms with van der Waals surface area (Å²) < 4.78 is 5.04. The van der Waals surface area contributed by atoms with Crippen LogP contribution in [0.1, 0.15) is 29.7 Å². The third kappa shape index (κ3) is 4.57. The van der Waals surface area contributed by atoms with Crippen molar-refractivity contribution in [2.75, 3.05) is 7.11 Å². The van der Waals surface area contributed by atoms with E-state index in [-0.39, 0.29) is 6.61 Å². The molecule has 2 rings (SSSR count). The molecule has 0 radical (unpaired) electrons. The Hall–Kier alpha value is -2.37. The lowest BCUT2D eigenvalue weighted by molar-refractivity contribution is -0.149. The maximum Gasteiger partial charge on any atom is 0.337 e. The standard InChI is InChI=1S/C18H18ClNO4/c1-12(13-7-9-15(19)10-8-13)20-24-11-14-5-3-4-6-16(14)17(23-2)18(21)22/h3-10,17H,11H2,1-2H3,(H,21,22)/b20-12-. The van der Waals surface area contributed by atoms with Gasteiger partial charge in [0.1, 0.15) is 6.61 Å². The van der Waals surface area contributed by atoms with Crippen LogP contribution in [0.4, 0.5) is 0 Å². The molecule has 5 nitrogen and oxygen atoms in total. The van der Waals surface area contributed by atoms with Crippen molar-refractivity contribution in [1.82, 2.24) is 0 Å². The van der Waals surface area contributed by atoms with Crippen molar-refractivity contribution in [1.29, 1.82) is 0 Å². The van der Waals surface area contributed by atoms with Gasteiger partial charge >= 0.3 is 5.97 Å². The van der Waals surface area contributed by atoms with Crippen molar-refractivity contribution in [2.45, 2.75) is 19.6 Å². The number of aliphatic carboxylic acids is 1. The predicted molar refractivity (Wildman–Crippen MR) is 92.3 cm³/mol. The van der Waals surface area contributed by atoms with Gasteiger partial charge in [0.25, 0.3) is 0 Å². The van der Waals surface area contributed by atoms with E-state index in [1.165, 1.54) is 7.11 Å². The van der Waals surface area contributed by atoms with Crippen molar-refractivity contribution >= 4 is 23.3 Å². The molecule has 2 aromatic rings. The summed E-state index contributed by atoms with van der Waals surface area (Å²) in [5, 5.41) is 14.0. The number of halogens is 1. The molecule has 0 aromatic heterocycles. The van der Waals surface area contributed by atoms with Crippen LogP contribution < -0.4 is 0 Å². The van der Waals surface area contributed by atoms with E-state index in [4.69, 9.17) is 21.2 Å². The number of carboxylic acid groups (broad SMARTS) is 1. The number of benzene rings is 2. The van der Waals surface area contributed by atoms with E-state index in [0.29, 0.717) is 21.9 Å². The maximum atomic E-state index is 11.3. The van der Waals surface area contributed by atoms with E-state index in [9.17, 15) is 9.90 Å². The van der Waals surface area contributed by atoms with Crippen LogP contribution >= 0.6 is 11.6 Å². The topological polar surface area (TPSA) is 68.1 Å². The number of carboxylic acids is 1. The molecule has 6 heteroatoms. The molecule has 0 saturated carbocycles. The summed E-state index contributed by atoms with van der Waals surface area (Å²) in [6.45, 7) is 1.97. The van der Waals surface area contributed by atoms with E-state index in [1.807, 2.05) is 25.1 Å². The van der Waals surface area contributed by atoms with E-state index >= 15 is 0 Å². The Kier molecular flexibility index (Phi) is 6.35. The van der Waals surface area contributed by atoms with Crippen LogP contribution in [0.15, 0.2) is 53.7 Å². The first-order chi connectivity index (χ1) is 11.5. The molecule has 0 spiro atoms. The Morgan fingerprint density at radius 3 is 2.50 bits per heavy atom. The fourth-order valence-corrected chi connectivity index (χ4v) is 2.35. The summed E-state index contributed by atoms with van der Waals surface area (Å²) in [6, 6.07) is 14.3. The lowest BCUT2D eigenvalue weighted by Gasteiger charge is -2.14. The van der Waals surface area contributed by atoms with Crippen LogP contribution in [0.3, 0.4) is 0 Å². The van der Waals surface area contributed by atoms with Crippen LogP contribution in [0.2, 0.25) is 5.02 Å². The minimum Gasteiger partial charge on any atom is -0.479 e. The Bertz CT molecular complexity index is 728. The highest BCUT2D eigenvalue weighted by Gasteiger charge is 2.21. The normalized spacial score (nSPS) is 12.7. The number of hydrogen-bond acceptors (Lipinski definition) is 4. The zero-order chi connectivity index (χ0) is 17.5. The highest BCUT2D eigenvalue weighted by atomic mass is 35.5. The van der Waals surface area contributed by atoms with Gasteiger partial charge in [-0.3, -0.25) is 0 Å². The fourth-order valence-electron chi connectivity index (χ4n) is 2.22. The van der Waals surface area contributed by atoms with Gasteiger partial charge in [0.15, 0.2) is 6.10 Å². The third-order valence-corrected chi connectivity index (χ3v) is 3.73. The van der Waals surface area contributed by atoms with Crippen LogP contribution in [0.25, 0.3) is 0 Å². The van der Waals surface area contributed by atoms with Gasteiger partial charge in [0, 0.05) is 12.1 Å². The zero-order valence-electron chi connectivity index (χ0n) is 13.4. The Morgan fingerprint density at radius 1 is 1.21 bits per heavy atom. The number of carbonyl (C=O) groups is 1. The zero-order valence-corrected chi connectivity index (χ0v) is 14.2. The molecule has 0 aliphatic carbocycles. The van der Waals surface area contributed by atoms with E-state index in [1.54, 1.807) is 30.3 Å². The molecule has 1 unspecified atom stereocenters. The Labute approximate surface area is 145 Å². The van der Waals surface area contributed by atoms with Crippen LogP contribution in [0.5, 0.6) is 0 Å². The summed E-state index contributed by atoms with van der Waals surface area (Å²) in [7, 11) is 1.36. The summed E-state index contributed by atoms with van der Waals surface area (Å²) in [5.41, 5.74) is 2.85. The first-order valence-corrected chi connectivity index (χ1v) is 7.66. The maximum absolute atomic E-state index is 11.3. The molecule has 1 atom stereocenters. The molecular formula is C18H18ClNO4. The fraction of sp³-hybridized carbons (Fsp3) is 0.222. The number of oxime groups is 1. The van der Waals surface area contributed by atoms with Crippen molar-refractivity contribution in [3.63, 3.8) is 0 Å². The average Bonchev–Trinajstić information content (AvgIpc) is 2.57. The van der Waals surface area contributed by atoms with Crippen molar-refractivity contribution < 1.29 is 19.5 Å². The Morgan fingerprint density at radius 2 is 1.88 bits per heavy atom. The van der Waals surface area contributed by atoms with Gasteiger partial charge in [-0.25, -0.2) is 4.79 Å². The second-order valence-corrected chi connectivity index (χ2v) is 5.55. The van der Waals surface area contributed by atoms with E-state index in [2.05, 4.69) is 5.16 Å². The van der Waals surface area contributed by atoms with Gasteiger partial charge in [0.05, 0.1) is 5.71 Å². The number of rotatable bonds is 7. The number of hydrogen-bond donors (Lipinski definition) is 1. The monoisotopic (exact) mass is 347 g/mol. The van der Waals surface area contributed by atoms with Gasteiger partial charge in [-0.05, 0) is 35.7 Å². The molecule has 1 N–H and O–H groups in total. The third-order valence-electron chi connectivity index (χ3n) is 3.48. The SMILES string of the molecule is COC(C(=O)O)c1ccccc1CO/N=C(/C)c1ccc(Cl)cc1. The van der Waals surface area contributed by atoms with Crippen LogP contribution in [0, 0.1) is 0 Å². The quantitative estimate of drug-likeness (QED) is 0.606. The summed E-state index contributed by atoms with van der Waals surface area (Å²) in [5.74, 6) is -1.05. The van der Waals surface area contributed by atoms with E-state index in [0.717, 1.165) is 5.56 Å². The average molecular weight is 348 g/mol. The van der Waals surface area contributed by atoms with Crippen LogP contribution in [-0.2, 0) is 21.0 Å². The second kappa shape index (κ2) is 8.47. The highest BCUT2D eigenvalue weighted by molar-refractivity contribution is 6.30. The molecule has 0 aliphatic rings. The summed E-state index contributed by atoms with van der Waals surface area (Å²) in [4.78, 5) is 16.7. The van der Waals surface area contributed by atoms with Gasteiger partial charge in [-0.2, -0.15) is 0 Å². The van der Waals surface area contributed by atoms with Gasteiger partial charge in [0.2, 0.25) is 0 Å². The molecule has 0 heterocycles. The lowest BCUT2D eigenvalue weighted by Crippen LogP contribution is -2.15. The largest absolute Gasteiger partial charge is 0.479 e. The predicted octanol–water partition coefficient (Wildman–Crippen LogP) is 4.05. The van der Waals surface area contributed by atoms with Crippen molar-refractivity contribution in [3.05, 3.63) is 70.2 Å². The number of ether oxygens (including phenoxy) is 1. The molecule has 0 fully saturated rings. The second-order valence-electron chi connectivity index (χ2n) is 5.11. The molecule has 0 saturated heterocycles. The molecule has 0 bridgehead atoms. The van der Waals surface area contributed by atoms with E-state index < -0.39 is 12.1 Å². The molecular weight excluding hydrogens is 330 g/mol.